The molecule has 1 aliphatic carbocycles. The average molecular weight is 270 g/mol. The third-order valence-electron chi connectivity index (χ3n) is 3.38. The van der Waals surface area contributed by atoms with E-state index in [0.717, 1.165) is 0 Å². The van der Waals surface area contributed by atoms with Crippen LogP contribution < -0.4 is 0 Å². The Labute approximate surface area is 111 Å². The fourth-order valence-corrected chi connectivity index (χ4v) is 2.15. The second kappa shape index (κ2) is 5.50. The predicted molar refractivity (Wildman–Crippen MR) is 63.8 cm³/mol. The van der Waals surface area contributed by atoms with E-state index in [1.54, 1.807) is 0 Å². The first-order chi connectivity index (χ1) is 8.66. The Hall–Kier alpha value is -1.72. The quantitative estimate of drug-likeness (QED) is 0.544. The standard InChI is InChI=1S/C13H18O6/c1-7(14)5-10(16)19-12(17)11-9(13(11,3)4)6-18-8(2)15/h9,11H,5-6H2,1-4H3. The molecular formula is C13H18O6. The van der Waals surface area contributed by atoms with Gasteiger partial charge in [-0.25, -0.2) is 0 Å². The largest absolute Gasteiger partial charge is 0.466 e. The number of carbonyl (C=O) groups is 4. The van der Waals surface area contributed by atoms with Crippen LogP contribution in [-0.2, 0) is 28.7 Å². The lowest BCUT2D eigenvalue weighted by Gasteiger charge is -2.02. The van der Waals surface area contributed by atoms with E-state index in [0.29, 0.717) is 0 Å². The second-order valence-corrected chi connectivity index (χ2v) is 5.38. The fraction of sp³-hybridized carbons (Fsp3) is 0.692. The van der Waals surface area contributed by atoms with Gasteiger partial charge in [-0.15, -0.1) is 0 Å². The number of esters is 3. The summed E-state index contributed by atoms with van der Waals surface area (Å²) in [5.74, 6) is -2.91. The lowest BCUT2D eigenvalue weighted by molar-refractivity contribution is -0.162. The first kappa shape index (κ1) is 15.3. The number of hydrogen-bond donors (Lipinski definition) is 0. The maximum Gasteiger partial charge on any atom is 0.320 e. The van der Waals surface area contributed by atoms with Crippen molar-refractivity contribution >= 4 is 23.7 Å². The highest BCUT2D eigenvalue weighted by Gasteiger charge is 2.63. The van der Waals surface area contributed by atoms with Crippen LogP contribution in [0, 0.1) is 17.3 Å². The highest BCUT2D eigenvalue weighted by atomic mass is 16.6. The van der Waals surface area contributed by atoms with Gasteiger partial charge in [0.2, 0.25) is 0 Å². The minimum absolute atomic E-state index is 0.128. The molecule has 0 bridgehead atoms. The van der Waals surface area contributed by atoms with Crippen molar-refractivity contribution in [3.8, 4) is 0 Å². The molecule has 0 amide bonds. The van der Waals surface area contributed by atoms with Crippen molar-refractivity contribution in [2.24, 2.45) is 17.3 Å². The van der Waals surface area contributed by atoms with Gasteiger partial charge in [0.05, 0.1) is 12.5 Å². The van der Waals surface area contributed by atoms with E-state index in [2.05, 4.69) is 4.74 Å². The van der Waals surface area contributed by atoms with Crippen molar-refractivity contribution in [1.82, 2.24) is 0 Å². The number of ether oxygens (including phenoxy) is 2. The molecule has 19 heavy (non-hydrogen) atoms. The van der Waals surface area contributed by atoms with Gasteiger partial charge >= 0.3 is 17.9 Å². The van der Waals surface area contributed by atoms with Gasteiger partial charge in [-0.1, -0.05) is 13.8 Å². The number of ketones is 1. The lowest BCUT2D eigenvalue weighted by Crippen LogP contribution is -2.18. The van der Waals surface area contributed by atoms with Gasteiger partial charge in [0.1, 0.15) is 12.2 Å². The molecule has 0 radical (unpaired) electrons. The van der Waals surface area contributed by atoms with Crippen LogP contribution in [-0.4, -0.2) is 30.3 Å². The molecule has 1 rings (SSSR count). The second-order valence-electron chi connectivity index (χ2n) is 5.38. The molecule has 1 fully saturated rings. The van der Waals surface area contributed by atoms with Gasteiger partial charge in [-0.2, -0.15) is 0 Å². The molecular weight excluding hydrogens is 252 g/mol. The Morgan fingerprint density at radius 2 is 1.68 bits per heavy atom. The molecule has 0 aromatic rings. The summed E-state index contributed by atoms with van der Waals surface area (Å²) in [5, 5.41) is 0. The van der Waals surface area contributed by atoms with Crippen LogP contribution >= 0.6 is 0 Å². The number of carbonyl (C=O) groups excluding carboxylic acids is 4. The van der Waals surface area contributed by atoms with Gasteiger partial charge in [0, 0.05) is 12.8 Å². The highest BCUT2D eigenvalue weighted by Crippen LogP contribution is 2.58. The van der Waals surface area contributed by atoms with E-state index >= 15 is 0 Å². The third-order valence-corrected chi connectivity index (χ3v) is 3.38. The first-order valence-corrected chi connectivity index (χ1v) is 6.03. The summed E-state index contributed by atoms with van der Waals surface area (Å²) in [6, 6.07) is 0. The molecule has 106 valence electrons. The maximum absolute atomic E-state index is 11.8. The van der Waals surface area contributed by atoms with E-state index in [-0.39, 0.29) is 23.7 Å². The van der Waals surface area contributed by atoms with Gasteiger partial charge < -0.3 is 9.47 Å². The molecule has 0 saturated heterocycles. The molecule has 1 saturated carbocycles. The van der Waals surface area contributed by atoms with E-state index in [1.807, 2.05) is 13.8 Å². The highest BCUT2D eigenvalue weighted by molar-refractivity contribution is 5.99. The van der Waals surface area contributed by atoms with Crippen LogP contribution in [0.15, 0.2) is 0 Å². The monoisotopic (exact) mass is 270 g/mol. The van der Waals surface area contributed by atoms with E-state index in [4.69, 9.17) is 4.74 Å². The molecule has 1 aliphatic rings. The maximum atomic E-state index is 11.8. The Balaban J connectivity index is 2.51. The zero-order valence-corrected chi connectivity index (χ0v) is 11.5. The predicted octanol–water partition coefficient (Wildman–Crippen LogP) is 0.871. The molecule has 0 N–H and O–H groups in total. The van der Waals surface area contributed by atoms with Crippen molar-refractivity contribution < 1.29 is 28.7 Å². The molecule has 6 heteroatoms. The van der Waals surface area contributed by atoms with Crippen molar-refractivity contribution in [3.05, 3.63) is 0 Å². The summed E-state index contributed by atoms with van der Waals surface area (Å²) in [6.45, 7) is 6.34. The fourth-order valence-electron chi connectivity index (χ4n) is 2.15. The van der Waals surface area contributed by atoms with Gasteiger partial charge in [-0.05, 0) is 12.3 Å². The van der Waals surface area contributed by atoms with Crippen LogP contribution in [0.25, 0.3) is 0 Å². The molecule has 2 unspecified atom stereocenters. The number of rotatable bonds is 5. The van der Waals surface area contributed by atoms with Crippen LogP contribution in [0.3, 0.4) is 0 Å². The SMILES string of the molecule is CC(=O)CC(=O)OC(=O)C1C(COC(C)=O)C1(C)C. The van der Waals surface area contributed by atoms with Crippen LogP contribution in [0.2, 0.25) is 0 Å². The Morgan fingerprint density at radius 1 is 1.11 bits per heavy atom. The molecule has 0 aromatic heterocycles. The Kier molecular flexibility index (Phi) is 4.44. The van der Waals surface area contributed by atoms with E-state index in [9.17, 15) is 19.2 Å². The van der Waals surface area contributed by atoms with Crippen LogP contribution in [0.1, 0.15) is 34.1 Å². The van der Waals surface area contributed by atoms with Crippen molar-refractivity contribution in [2.75, 3.05) is 6.61 Å². The van der Waals surface area contributed by atoms with Crippen LogP contribution in [0.4, 0.5) is 0 Å². The van der Waals surface area contributed by atoms with Crippen molar-refractivity contribution in [2.45, 2.75) is 34.1 Å². The smallest absolute Gasteiger partial charge is 0.320 e. The Morgan fingerprint density at radius 3 is 2.16 bits per heavy atom. The molecule has 2 atom stereocenters. The molecule has 0 spiro atoms. The molecule has 6 nitrogen and oxygen atoms in total. The van der Waals surface area contributed by atoms with Gasteiger partial charge in [0.25, 0.3) is 0 Å². The number of Topliss-reactive ketones (excluding diaryl/α,β-unsaturated/α-hetero) is 1. The van der Waals surface area contributed by atoms with Crippen LogP contribution in [0.5, 0.6) is 0 Å². The summed E-state index contributed by atoms with van der Waals surface area (Å²) in [7, 11) is 0. The molecule has 0 aliphatic heterocycles. The summed E-state index contributed by atoms with van der Waals surface area (Å²) < 4.78 is 9.48. The number of hydrogen-bond acceptors (Lipinski definition) is 6. The molecule has 0 heterocycles. The van der Waals surface area contributed by atoms with E-state index < -0.39 is 30.2 Å². The molecule has 0 aromatic carbocycles. The topological polar surface area (TPSA) is 86.7 Å². The third kappa shape index (κ3) is 3.87. The van der Waals surface area contributed by atoms with Gasteiger partial charge in [0.15, 0.2) is 0 Å². The first-order valence-electron chi connectivity index (χ1n) is 6.03. The van der Waals surface area contributed by atoms with Crippen molar-refractivity contribution in [1.29, 1.82) is 0 Å². The summed E-state index contributed by atoms with van der Waals surface area (Å²) in [5.41, 5.74) is -0.372. The van der Waals surface area contributed by atoms with E-state index in [1.165, 1.54) is 13.8 Å². The summed E-state index contributed by atoms with van der Waals surface area (Å²) in [4.78, 5) is 44.5. The minimum Gasteiger partial charge on any atom is -0.466 e. The average Bonchev–Trinajstić information content (AvgIpc) is 2.75. The van der Waals surface area contributed by atoms with Crippen molar-refractivity contribution in [3.63, 3.8) is 0 Å². The zero-order chi connectivity index (χ0) is 14.8. The lowest BCUT2D eigenvalue weighted by atomic mass is 10.1. The summed E-state index contributed by atoms with van der Waals surface area (Å²) >= 11 is 0. The van der Waals surface area contributed by atoms with Gasteiger partial charge in [-0.3, -0.25) is 19.2 Å². The Bertz CT molecular complexity index is 423. The summed E-state index contributed by atoms with van der Waals surface area (Å²) in [6.07, 6.45) is -0.409. The zero-order valence-electron chi connectivity index (χ0n) is 11.5. The normalized spacial score (nSPS) is 23.4. The minimum atomic E-state index is -0.841.